The number of hydrogen-bond acceptors (Lipinski definition) is 3. The van der Waals surface area contributed by atoms with Crippen molar-refractivity contribution < 1.29 is 9.53 Å². The topological polar surface area (TPSA) is 26.3 Å². The normalized spacial score (nSPS) is 15.5. The molecule has 0 saturated heterocycles. The van der Waals surface area contributed by atoms with Crippen molar-refractivity contribution >= 4 is 18.0 Å². The zero-order valence-electron chi connectivity index (χ0n) is 7.00. The first-order chi connectivity index (χ1) is 5.18. The molecule has 0 aliphatic carbocycles. The van der Waals surface area contributed by atoms with Crippen molar-refractivity contribution in [2.24, 2.45) is 0 Å². The minimum atomic E-state index is -0.692. The van der Waals surface area contributed by atoms with Gasteiger partial charge in [0.1, 0.15) is 0 Å². The number of carbonyl (C=O) groups is 1. The Balaban J connectivity index is 3.86. The molecule has 0 spiro atoms. The standard InChI is InChI=1S/C8H14O2S/c1-4-6-11-8(3,7-9)10-5-2/h4,7H,1,5-6H2,2-3H3. The van der Waals surface area contributed by atoms with Crippen LogP contribution < -0.4 is 0 Å². The third-order valence-electron chi connectivity index (χ3n) is 1.13. The van der Waals surface area contributed by atoms with E-state index in [4.69, 9.17) is 4.74 Å². The van der Waals surface area contributed by atoms with Crippen molar-refractivity contribution in [3.8, 4) is 0 Å². The number of ether oxygens (including phenoxy) is 1. The second kappa shape index (κ2) is 5.38. The van der Waals surface area contributed by atoms with Crippen molar-refractivity contribution in [2.75, 3.05) is 12.4 Å². The van der Waals surface area contributed by atoms with Crippen LogP contribution in [0.25, 0.3) is 0 Å². The maximum absolute atomic E-state index is 10.5. The molecule has 1 unspecified atom stereocenters. The summed E-state index contributed by atoms with van der Waals surface area (Å²) in [5, 5.41) is 0. The van der Waals surface area contributed by atoms with Crippen LogP contribution >= 0.6 is 11.8 Å². The molecule has 0 radical (unpaired) electrons. The zero-order valence-corrected chi connectivity index (χ0v) is 7.82. The van der Waals surface area contributed by atoms with Crippen molar-refractivity contribution in [1.82, 2.24) is 0 Å². The van der Waals surface area contributed by atoms with Crippen LogP contribution in [0.2, 0.25) is 0 Å². The van der Waals surface area contributed by atoms with Crippen LogP contribution in [0, 0.1) is 0 Å². The number of thioether (sulfide) groups is 1. The highest BCUT2D eigenvalue weighted by Crippen LogP contribution is 2.23. The molecule has 0 saturated carbocycles. The first-order valence-corrected chi connectivity index (χ1v) is 4.52. The summed E-state index contributed by atoms with van der Waals surface area (Å²) in [6.45, 7) is 7.75. The molecule has 0 fully saturated rings. The Bertz CT molecular complexity index is 136. The molecule has 0 aromatic heterocycles. The Morgan fingerprint density at radius 3 is 2.73 bits per heavy atom. The van der Waals surface area contributed by atoms with Gasteiger partial charge in [0.15, 0.2) is 11.2 Å². The molecule has 0 rings (SSSR count). The van der Waals surface area contributed by atoms with Gasteiger partial charge in [0.25, 0.3) is 0 Å². The minimum Gasteiger partial charge on any atom is -0.358 e. The van der Waals surface area contributed by atoms with E-state index < -0.39 is 4.93 Å². The Morgan fingerprint density at radius 2 is 2.36 bits per heavy atom. The molecule has 0 heterocycles. The van der Waals surface area contributed by atoms with Crippen molar-refractivity contribution in [2.45, 2.75) is 18.8 Å². The van der Waals surface area contributed by atoms with Gasteiger partial charge in [-0.2, -0.15) is 0 Å². The van der Waals surface area contributed by atoms with Gasteiger partial charge in [0.2, 0.25) is 0 Å². The third-order valence-corrected chi connectivity index (χ3v) is 2.32. The van der Waals surface area contributed by atoms with Crippen LogP contribution in [0.15, 0.2) is 12.7 Å². The lowest BCUT2D eigenvalue weighted by Gasteiger charge is -2.21. The van der Waals surface area contributed by atoms with Crippen molar-refractivity contribution in [3.05, 3.63) is 12.7 Å². The molecule has 0 aromatic rings. The summed E-state index contributed by atoms with van der Waals surface area (Å²) in [7, 11) is 0. The maximum atomic E-state index is 10.5. The predicted molar refractivity (Wildman–Crippen MR) is 48.8 cm³/mol. The van der Waals surface area contributed by atoms with E-state index in [0.29, 0.717) is 6.61 Å². The van der Waals surface area contributed by atoms with Gasteiger partial charge in [0, 0.05) is 12.4 Å². The number of rotatable bonds is 6. The van der Waals surface area contributed by atoms with E-state index >= 15 is 0 Å². The summed E-state index contributed by atoms with van der Waals surface area (Å²) >= 11 is 1.44. The molecular weight excluding hydrogens is 160 g/mol. The van der Waals surface area contributed by atoms with Crippen LogP contribution in [0.4, 0.5) is 0 Å². The van der Waals surface area contributed by atoms with E-state index in [1.807, 2.05) is 6.92 Å². The van der Waals surface area contributed by atoms with Gasteiger partial charge >= 0.3 is 0 Å². The SMILES string of the molecule is C=CCSC(C)(C=O)OCC. The number of aldehydes is 1. The minimum absolute atomic E-state index is 0.555. The predicted octanol–water partition coefficient (Wildman–Crippen LogP) is 1.86. The fraction of sp³-hybridized carbons (Fsp3) is 0.625. The molecule has 0 aliphatic rings. The van der Waals surface area contributed by atoms with Gasteiger partial charge in [-0.25, -0.2) is 0 Å². The Morgan fingerprint density at radius 1 is 1.73 bits per heavy atom. The molecule has 11 heavy (non-hydrogen) atoms. The van der Waals surface area contributed by atoms with E-state index in [9.17, 15) is 4.79 Å². The molecule has 0 N–H and O–H groups in total. The van der Waals surface area contributed by atoms with Crippen LogP contribution in [0.1, 0.15) is 13.8 Å². The van der Waals surface area contributed by atoms with Gasteiger partial charge < -0.3 is 4.74 Å². The molecule has 1 atom stereocenters. The average molecular weight is 174 g/mol. The molecular formula is C8H14O2S. The Hall–Kier alpha value is -0.280. The van der Waals surface area contributed by atoms with E-state index in [-0.39, 0.29) is 0 Å². The monoisotopic (exact) mass is 174 g/mol. The second-order valence-electron chi connectivity index (χ2n) is 2.17. The smallest absolute Gasteiger partial charge is 0.166 e. The highest BCUT2D eigenvalue weighted by Gasteiger charge is 2.22. The summed E-state index contributed by atoms with van der Waals surface area (Å²) in [6.07, 6.45) is 2.58. The van der Waals surface area contributed by atoms with Gasteiger partial charge in [-0.05, 0) is 13.8 Å². The average Bonchev–Trinajstić information content (AvgIpc) is 2.02. The summed E-state index contributed by atoms with van der Waals surface area (Å²) in [5.74, 6) is 0.731. The Labute approximate surface area is 72.0 Å². The molecule has 0 amide bonds. The molecule has 2 nitrogen and oxygen atoms in total. The summed E-state index contributed by atoms with van der Waals surface area (Å²) < 4.78 is 5.23. The largest absolute Gasteiger partial charge is 0.358 e. The number of carbonyl (C=O) groups excluding carboxylic acids is 1. The molecule has 0 bridgehead atoms. The van der Waals surface area contributed by atoms with Gasteiger partial charge in [-0.15, -0.1) is 18.3 Å². The van der Waals surface area contributed by atoms with Crippen LogP contribution in [-0.2, 0) is 9.53 Å². The fourth-order valence-electron chi connectivity index (χ4n) is 0.621. The van der Waals surface area contributed by atoms with Gasteiger partial charge in [-0.1, -0.05) is 6.08 Å². The van der Waals surface area contributed by atoms with E-state index in [2.05, 4.69) is 6.58 Å². The van der Waals surface area contributed by atoms with Gasteiger partial charge in [0.05, 0.1) is 0 Å². The lowest BCUT2D eigenvalue weighted by molar-refractivity contribution is -0.119. The molecule has 64 valence electrons. The van der Waals surface area contributed by atoms with Crippen LogP contribution in [0.3, 0.4) is 0 Å². The van der Waals surface area contributed by atoms with Crippen LogP contribution in [0.5, 0.6) is 0 Å². The molecule has 3 heteroatoms. The van der Waals surface area contributed by atoms with Gasteiger partial charge in [-0.3, -0.25) is 4.79 Å². The zero-order chi connectivity index (χ0) is 8.74. The first-order valence-electron chi connectivity index (χ1n) is 3.53. The van der Waals surface area contributed by atoms with Crippen molar-refractivity contribution in [3.63, 3.8) is 0 Å². The molecule has 0 aromatic carbocycles. The first kappa shape index (κ1) is 10.7. The maximum Gasteiger partial charge on any atom is 0.166 e. The van der Waals surface area contributed by atoms with Crippen molar-refractivity contribution in [1.29, 1.82) is 0 Å². The number of hydrogen-bond donors (Lipinski definition) is 0. The quantitative estimate of drug-likeness (QED) is 0.349. The Kier molecular flexibility index (Phi) is 5.24. The lowest BCUT2D eigenvalue weighted by Crippen LogP contribution is -2.26. The van der Waals surface area contributed by atoms with E-state index in [1.165, 1.54) is 11.8 Å². The van der Waals surface area contributed by atoms with E-state index in [0.717, 1.165) is 12.0 Å². The summed E-state index contributed by atoms with van der Waals surface area (Å²) in [6, 6.07) is 0. The van der Waals surface area contributed by atoms with Crippen LogP contribution in [-0.4, -0.2) is 23.6 Å². The third kappa shape index (κ3) is 4.22. The van der Waals surface area contributed by atoms with E-state index in [1.54, 1.807) is 13.0 Å². The summed E-state index contributed by atoms with van der Waals surface area (Å²) in [5.41, 5.74) is 0. The summed E-state index contributed by atoms with van der Waals surface area (Å²) in [4.78, 5) is 9.85. The highest BCUT2D eigenvalue weighted by molar-refractivity contribution is 8.01. The second-order valence-corrected chi connectivity index (χ2v) is 3.60. The highest BCUT2D eigenvalue weighted by atomic mass is 32.2. The molecule has 0 aliphatic heterocycles. The fourth-order valence-corrected chi connectivity index (χ4v) is 1.34. The lowest BCUT2D eigenvalue weighted by atomic mass is 10.4.